The first kappa shape index (κ1) is 21.7. The lowest BCUT2D eigenvalue weighted by molar-refractivity contribution is -0.127. The molecule has 2 heterocycles. The number of halogens is 1. The molecule has 3 rings (SSSR count). The van der Waals surface area contributed by atoms with Crippen LogP contribution >= 0.6 is 11.6 Å². The summed E-state index contributed by atoms with van der Waals surface area (Å²) < 4.78 is 11.9. The van der Waals surface area contributed by atoms with Gasteiger partial charge in [-0.1, -0.05) is 23.7 Å². The van der Waals surface area contributed by atoms with E-state index >= 15 is 0 Å². The van der Waals surface area contributed by atoms with E-state index < -0.39 is 0 Å². The highest BCUT2D eigenvalue weighted by Crippen LogP contribution is 2.26. The summed E-state index contributed by atoms with van der Waals surface area (Å²) in [7, 11) is 3.48. The van der Waals surface area contributed by atoms with E-state index in [2.05, 4.69) is 15.2 Å². The topological polar surface area (TPSA) is 66.4 Å². The minimum absolute atomic E-state index is 0.0254. The lowest BCUT2D eigenvalue weighted by Gasteiger charge is -2.27. The van der Waals surface area contributed by atoms with Gasteiger partial charge in [0.1, 0.15) is 18.4 Å². The van der Waals surface area contributed by atoms with Crippen LogP contribution in [-0.4, -0.2) is 80.8 Å². The number of para-hydroxylation sites is 1. The Morgan fingerprint density at radius 3 is 2.90 bits per heavy atom. The number of hydrogen-bond acceptors (Lipinski definition) is 4. The molecule has 2 aliphatic heterocycles. The van der Waals surface area contributed by atoms with Crippen LogP contribution in [0, 0.1) is 0 Å². The summed E-state index contributed by atoms with van der Waals surface area (Å²) in [6.45, 7) is 3.13. The molecule has 2 atom stereocenters. The molecule has 1 N–H and O–H groups in total. The number of hydrogen-bond donors (Lipinski definition) is 1. The fraction of sp³-hybridized carbons (Fsp3) is 0.619. The van der Waals surface area contributed by atoms with Crippen LogP contribution in [0.1, 0.15) is 25.7 Å². The van der Waals surface area contributed by atoms with Crippen molar-refractivity contribution < 1.29 is 14.3 Å². The summed E-state index contributed by atoms with van der Waals surface area (Å²) >= 11 is 6.22. The Hall–Kier alpha value is -1.99. The number of guanidine groups is 1. The van der Waals surface area contributed by atoms with Gasteiger partial charge in [-0.25, -0.2) is 4.99 Å². The van der Waals surface area contributed by atoms with Gasteiger partial charge in [-0.05, 0) is 31.4 Å². The first-order valence-corrected chi connectivity index (χ1v) is 10.7. The molecule has 160 valence electrons. The van der Waals surface area contributed by atoms with Gasteiger partial charge in [0, 0.05) is 40.2 Å². The minimum atomic E-state index is -0.0266. The van der Waals surface area contributed by atoms with Crippen LogP contribution in [0.3, 0.4) is 0 Å². The van der Waals surface area contributed by atoms with E-state index in [1.807, 2.05) is 24.3 Å². The number of benzene rings is 1. The predicted molar refractivity (Wildman–Crippen MR) is 115 cm³/mol. The summed E-state index contributed by atoms with van der Waals surface area (Å²) in [4.78, 5) is 20.3. The first-order valence-electron chi connectivity index (χ1n) is 10.3. The number of aliphatic imine (C=N–C) groups is 1. The van der Waals surface area contributed by atoms with Gasteiger partial charge in [0.25, 0.3) is 0 Å². The standard InChI is InChI=1S/C21H31ClN4O3/c1-25(2)20(27)14-24-21(23-13-16-7-5-6-12-28-16)26-11-10-17(15-26)29-19-9-4-3-8-18(19)22/h3-4,8-9,16-17H,5-7,10-15H2,1-2H3,(H,23,24). The van der Waals surface area contributed by atoms with Gasteiger partial charge in [-0.15, -0.1) is 0 Å². The number of ether oxygens (including phenoxy) is 2. The lowest BCUT2D eigenvalue weighted by atomic mass is 10.1. The van der Waals surface area contributed by atoms with E-state index in [1.54, 1.807) is 19.0 Å². The maximum absolute atomic E-state index is 12.0. The van der Waals surface area contributed by atoms with Crippen molar-refractivity contribution in [2.24, 2.45) is 4.99 Å². The van der Waals surface area contributed by atoms with E-state index in [9.17, 15) is 4.79 Å². The maximum Gasteiger partial charge on any atom is 0.243 e. The van der Waals surface area contributed by atoms with E-state index in [0.717, 1.165) is 38.4 Å². The number of rotatable bonds is 6. The second-order valence-corrected chi connectivity index (χ2v) is 8.11. The molecule has 2 unspecified atom stereocenters. The van der Waals surface area contributed by atoms with Crippen LogP contribution in [0.15, 0.2) is 29.3 Å². The van der Waals surface area contributed by atoms with Gasteiger partial charge in [-0.3, -0.25) is 4.79 Å². The molecule has 2 fully saturated rings. The van der Waals surface area contributed by atoms with Gasteiger partial charge in [0.15, 0.2) is 5.96 Å². The first-order chi connectivity index (χ1) is 14.0. The highest BCUT2D eigenvalue weighted by Gasteiger charge is 2.28. The largest absolute Gasteiger partial charge is 0.487 e. The lowest BCUT2D eigenvalue weighted by Crippen LogP contribution is -2.45. The third kappa shape index (κ3) is 6.51. The number of carbonyl (C=O) groups is 1. The van der Waals surface area contributed by atoms with Crippen LogP contribution in [0.2, 0.25) is 5.02 Å². The van der Waals surface area contributed by atoms with Crippen LogP contribution in [0.4, 0.5) is 0 Å². The molecule has 0 aliphatic carbocycles. The number of nitrogens with one attached hydrogen (secondary N) is 1. The van der Waals surface area contributed by atoms with Crippen molar-refractivity contribution >= 4 is 23.5 Å². The third-order valence-corrected chi connectivity index (χ3v) is 5.51. The van der Waals surface area contributed by atoms with Crippen molar-refractivity contribution in [2.75, 3.05) is 46.9 Å². The molecular formula is C21H31ClN4O3. The predicted octanol–water partition coefficient (Wildman–Crippen LogP) is 2.40. The van der Waals surface area contributed by atoms with Crippen molar-refractivity contribution in [2.45, 2.75) is 37.9 Å². The zero-order valence-electron chi connectivity index (χ0n) is 17.3. The molecule has 7 nitrogen and oxygen atoms in total. The maximum atomic E-state index is 12.0. The van der Waals surface area contributed by atoms with Gasteiger partial charge in [0.05, 0.1) is 17.7 Å². The van der Waals surface area contributed by atoms with Gasteiger partial charge in [0.2, 0.25) is 5.91 Å². The molecule has 8 heteroatoms. The summed E-state index contributed by atoms with van der Waals surface area (Å²) in [6, 6.07) is 7.52. The number of nitrogens with zero attached hydrogens (tertiary/aromatic N) is 3. The van der Waals surface area contributed by atoms with E-state index in [-0.39, 0.29) is 24.7 Å². The van der Waals surface area contributed by atoms with E-state index in [0.29, 0.717) is 23.9 Å². The third-order valence-electron chi connectivity index (χ3n) is 5.20. The zero-order chi connectivity index (χ0) is 20.6. The second kappa shape index (κ2) is 10.7. The van der Waals surface area contributed by atoms with Crippen LogP contribution in [-0.2, 0) is 9.53 Å². The Morgan fingerprint density at radius 2 is 2.17 bits per heavy atom. The Morgan fingerprint density at radius 1 is 1.34 bits per heavy atom. The monoisotopic (exact) mass is 422 g/mol. The van der Waals surface area contributed by atoms with Gasteiger partial charge in [-0.2, -0.15) is 0 Å². The van der Waals surface area contributed by atoms with Crippen LogP contribution in [0.5, 0.6) is 5.75 Å². The normalized spacial score (nSPS) is 22.4. The molecule has 1 aromatic rings. The van der Waals surface area contributed by atoms with Crippen molar-refractivity contribution in [3.8, 4) is 5.75 Å². The quantitative estimate of drug-likeness (QED) is 0.563. The summed E-state index contributed by atoms with van der Waals surface area (Å²) in [5.41, 5.74) is 0. The zero-order valence-corrected chi connectivity index (χ0v) is 18.0. The Balaban J connectivity index is 1.60. The van der Waals surface area contributed by atoms with Crippen LogP contribution in [0.25, 0.3) is 0 Å². The molecule has 1 amide bonds. The van der Waals surface area contributed by atoms with Crippen molar-refractivity contribution in [3.63, 3.8) is 0 Å². The van der Waals surface area contributed by atoms with Crippen molar-refractivity contribution in [1.82, 2.24) is 15.1 Å². The molecular weight excluding hydrogens is 392 g/mol. The molecule has 2 aliphatic rings. The van der Waals surface area contributed by atoms with E-state index in [4.69, 9.17) is 21.1 Å². The fourth-order valence-corrected chi connectivity index (χ4v) is 3.64. The second-order valence-electron chi connectivity index (χ2n) is 7.70. The number of likely N-dealkylation sites (N-methyl/N-ethyl adjacent to an activating group) is 1. The summed E-state index contributed by atoms with van der Waals surface area (Å²) in [5.74, 6) is 1.41. The Bertz CT molecular complexity index is 707. The minimum Gasteiger partial charge on any atom is -0.487 e. The summed E-state index contributed by atoms with van der Waals surface area (Å²) in [5, 5.41) is 4.03. The average Bonchev–Trinajstić information content (AvgIpc) is 3.18. The molecule has 29 heavy (non-hydrogen) atoms. The van der Waals surface area contributed by atoms with Gasteiger partial charge < -0.3 is 24.6 Å². The van der Waals surface area contributed by atoms with Crippen molar-refractivity contribution in [1.29, 1.82) is 0 Å². The molecule has 1 aromatic carbocycles. The van der Waals surface area contributed by atoms with Crippen LogP contribution < -0.4 is 10.1 Å². The van der Waals surface area contributed by atoms with E-state index in [1.165, 1.54) is 6.42 Å². The number of carbonyl (C=O) groups excluding carboxylic acids is 1. The number of amides is 1. The van der Waals surface area contributed by atoms with Crippen molar-refractivity contribution in [3.05, 3.63) is 29.3 Å². The Kier molecular flexibility index (Phi) is 8.00. The highest BCUT2D eigenvalue weighted by atomic mass is 35.5. The fourth-order valence-electron chi connectivity index (χ4n) is 3.46. The SMILES string of the molecule is CN(C)C(=O)CN=C(NCC1CCCCO1)N1CCC(Oc2ccccc2Cl)C1. The molecule has 0 saturated carbocycles. The molecule has 2 saturated heterocycles. The van der Waals surface area contributed by atoms with Gasteiger partial charge >= 0.3 is 0 Å². The number of likely N-dealkylation sites (tertiary alicyclic amines) is 1. The average molecular weight is 423 g/mol. The molecule has 0 aromatic heterocycles. The molecule has 0 spiro atoms. The smallest absolute Gasteiger partial charge is 0.243 e. The molecule has 0 bridgehead atoms. The molecule has 0 radical (unpaired) electrons. The highest BCUT2D eigenvalue weighted by molar-refractivity contribution is 6.32. The summed E-state index contributed by atoms with van der Waals surface area (Å²) in [6.07, 6.45) is 4.45. The Labute approximate surface area is 178 Å².